The van der Waals surface area contributed by atoms with Crippen LogP contribution in [0, 0.1) is 6.92 Å². The Bertz CT molecular complexity index is 719. The maximum Gasteiger partial charge on any atom is 0.339 e. The van der Waals surface area contributed by atoms with Gasteiger partial charge in [0.05, 0.1) is 24.1 Å². The lowest BCUT2D eigenvalue weighted by atomic mass is 10.1. The van der Waals surface area contributed by atoms with Crippen molar-refractivity contribution in [2.75, 3.05) is 18.1 Å². The molecular formula is C15H13NO5. The number of ether oxygens (including phenoxy) is 1. The summed E-state index contributed by atoms with van der Waals surface area (Å²) in [6, 6.07) is 6.33. The van der Waals surface area contributed by atoms with Gasteiger partial charge in [-0.15, -0.1) is 0 Å². The van der Waals surface area contributed by atoms with Crippen LogP contribution in [0.15, 0.2) is 34.9 Å². The average Bonchev–Trinajstić information content (AvgIpc) is 2.91. The molecule has 0 radical (unpaired) electrons. The Morgan fingerprint density at radius 1 is 1.24 bits per heavy atom. The molecule has 0 spiro atoms. The number of hydrogen-bond donors (Lipinski definition) is 1. The van der Waals surface area contributed by atoms with Crippen molar-refractivity contribution in [1.82, 2.24) is 0 Å². The first kappa shape index (κ1) is 13.2. The number of nitrogens with zero attached hydrogens (tertiary/aromatic N) is 1. The van der Waals surface area contributed by atoms with Crippen molar-refractivity contribution in [3.05, 3.63) is 47.4 Å². The largest absolute Gasteiger partial charge is 0.489 e. The summed E-state index contributed by atoms with van der Waals surface area (Å²) in [5.41, 5.74) is 0.976. The Hall–Kier alpha value is -2.76. The highest BCUT2D eigenvalue weighted by molar-refractivity contribution is 6.08. The molecule has 21 heavy (non-hydrogen) atoms. The van der Waals surface area contributed by atoms with E-state index >= 15 is 0 Å². The third-order valence-electron chi connectivity index (χ3n) is 3.41. The van der Waals surface area contributed by atoms with Gasteiger partial charge in [0.15, 0.2) is 5.75 Å². The first-order valence-electron chi connectivity index (χ1n) is 6.44. The molecule has 0 fully saturated rings. The maximum absolute atomic E-state index is 12.6. The van der Waals surface area contributed by atoms with Crippen molar-refractivity contribution in [3.63, 3.8) is 0 Å². The van der Waals surface area contributed by atoms with Gasteiger partial charge in [0, 0.05) is 0 Å². The number of fused-ring (bicyclic) bond motifs is 1. The topological polar surface area (TPSA) is 80.0 Å². The molecular weight excluding hydrogens is 274 g/mol. The van der Waals surface area contributed by atoms with E-state index in [1.54, 1.807) is 25.1 Å². The number of aromatic carboxylic acids is 1. The van der Waals surface area contributed by atoms with Gasteiger partial charge < -0.3 is 19.2 Å². The van der Waals surface area contributed by atoms with Crippen LogP contribution in [-0.4, -0.2) is 30.1 Å². The average molecular weight is 287 g/mol. The fourth-order valence-corrected chi connectivity index (χ4v) is 2.38. The monoisotopic (exact) mass is 287 g/mol. The van der Waals surface area contributed by atoms with E-state index in [2.05, 4.69) is 0 Å². The van der Waals surface area contributed by atoms with Gasteiger partial charge in [0.25, 0.3) is 5.91 Å². The summed E-state index contributed by atoms with van der Waals surface area (Å²) in [4.78, 5) is 25.3. The number of rotatable bonds is 2. The zero-order valence-corrected chi connectivity index (χ0v) is 11.3. The zero-order valence-electron chi connectivity index (χ0n) is 11.3. The number of amides is 1. The highest BCUT2D eigenvalue weighted by Gasteiger charge is 2.29. The van der Waals surface area contributed by atoms with Crippen LogP contribution < -0.4 is 9.64 Å². The molecule has 1 amide bonds. The molecule has 1 aliphatic heterocycles. The Balaban J connectivity index is 2.05. The highest BCUT2D eigenvalue weighted by Crippen LogP contribution is 2.36. The van der Waals surface area contributed by atoms with Crippen molar-refractivity contribution in [3.8, 4) is 5.75 Å². The molecule has 2 aromatic rings. The van der Waals surface area contributed by atoms with Crippen LogP contribution >= 0.6 is 0 Å². The molecule has 0 bridgehead atoms. The van der Waals surface area contributed by atoms with E-state index in [4.69, 9.17) is 9.15 Å². The lowest BCUT2D eigenvalue weighted by Crippen LogP contribution is -2.38. The summed E-state index contributed by atoms with van der Waals surface area (Å²) < 4.78 is 10.6. The van der Waals surface area contributed by atoms with Crippen LogP contribution in [0.5, 0.6) is 5.75 Å². The third kappa shape index (κ3) is 2.14. The van der Waals surface area contributed by atoms with Gasteiger partial charge in [-0.2, -0.15) is 0 Å². The summed E-state index contributed by atoms with van der Waals surface area (Å²) >= 11 is 0. The Morgan fingerprint density at radius 3 is 2.71 bits per heavy atom. The van der Waals surface area contributed by atoms with E-state index in [-0.39, 0.29) is 23.8 Å². The number of hydrogen-bond acceptors (Lipinski definition) is 4. The van der Waals surface area contributed by atoms with Gasteiger partial charge in [-0.1, -0.05) is 6.07 Å². The number of aryl methyl sites for hydroxylation is 1. The predicted octanol–water partition coefficient (Wildman–Crippen LogP) is 2.33. The number of carbonyl (C=O) groups is 2. The van der Waals surface area contributed by atoms with Crippen LogP contribution in [0.25, 0.3) is 0 Å². The standard InChI is InChI=1S/C15H13NO5/c1-9-10(5-7-20-9)14(17)16-6-8-21-13-11(15(18)19)3-2-4-12(13)16/h2-5,7H,6,8H2,1H3,(H,18,19). The van der Waals surface area contributed by atoms with E-state index < -0.39 is 5.97 Å². The molecule has 0 aliphatic carbocycles. The van der Waals surface area contributed by atoms with Crippen molar-refractivity contribution >= 4 is 17.6 Å². The van der Waals surface area contributed by atoms with E-state index in [0.717, 1.165) is 0 Å². The number of carbonyl (C=O) groups excluding carboxylic acids is 1. The minimum absolute atomic E-state index is 0.0499. The Labute approximate surface area is 120 Å². The van der Waals surface area contributed by atoms with Gasteiger partial charge in [-0.25, -0.2) is 4.79 Å². The second-order valence-electron chi connectivity index (χ2n) is 4.65. The lowest BCUT2D eigenvalue weighted by molar-refractivity contribution is 0.0690. The number of furan rings is 1. The van der Waals surface area contributed by atoms with Gasteiger partial charge in [0.2, 0.25) is 0 Å². The molecule has 6 nitrogen and oxygen atoms in total. The smallest absolute Gasteiger partial charge is 0.339 e. The summed E-state index contributed by atoms with van der Waals surface area (Å²) in [6.07, 6.45) is 1.46. The number of carboxylic acids is 1. The van der Waals surface area contributed by atoms with Gasteiger partial charge in [-0.05, 0) is 25.1 Å². The lowest BCUT2D eigenvalue weighted by Gasteiger charge is -2.30. The molecule has 6 heteroatoms. The Kier molecular flexibility index (Phi) is 3.13. The molecule has 0 saturated carbocycles. The van der Waals surface area contributed by atoms with Crippen LogP contribution in [0.1, 0.15) is 26.5 Å². The van der Waals surface area contributed by atoms with E-state index in [0.29, 0.717) is 23.6 Å². The van der Waals surface area contributed by atoms with Gasteiger partial charge >= 0.3 is 5.97 Å². The molecule has 1 aliphatic rings. The second kappa shape index (κ2) is 4.97. The van der Waals surface area contributed by atoms with E-state index in [1.165, 1.54) is 17.2 Å². The number of carboxylic acid groups (broad SMARTS) is 1. The first-order valence-corrected chi connectivity index (χ1v) is 6.44. The van der Waals surface area contributed by atoms with Crippen LogP contribution in [0.2, 0.25) is 0 Å². The van der Waals surface area contributed by atoms with Gasteiger partial charge in [0.1, 0.15) is 17.9 Å². The molecule has 1 N–H and O–H groups in total. The number of anilines is 1. The first-order chi connectivity index (χ1) is 10.1. The van der Waals surface area contributed by atoms with E-state index in [1.807, 2.05) is 0 Å². The van der Waals surface area contributed by atoms with Crippen molar-refractivity contribution < 1.29 is 23.8 Å². The fourth-order valence-electron chi connectivity index (χ4n) is 2.38. The van der Waals surface area contributed by atoms with Crippen molar-refractivity contribution in [1.29, 1.82) is 0 Å². The zero-order chi connectivity index (χ0) is 15.0. The van der Waals surface area contributed by atoms with Crippen LogP contribution in [-0.2, 0) is 0 Å². The minimum atomic E-state index is -1.08. The summed E-state index contributed by atoms with van der Waals surface area (Å²) in [7, 11) is 0. The minimum Gasteiger partial charge on any atom is -0.489 e. The maximum atomic E-state index is 12.6. The molecule has 3 rings (SSSR count). The highest BCUT2D eigenvalue weighted by atomic mass is 16.5. The normalized spacial score (nSPS) is 13.5. The number of para-hydroxylation sites is 1. The van der Waals surface area contributed by atoms with E-state index in [9.17, 15) is 14.7 Å². The predicted molar refractivity (Wildman–Crippen MR) is 74.0 cm³/mol. The summed E-state index contributed by atoms with van der Waals surface area (Å²) in [6.45, 7) is 2.32. The molecule has 0 saturated heterocycles. The summed E-state index contributed by atoms with van der Waals surface area (Å²) in [5.74, 6) is -0.554. The number of benzene rings is 1. The molecule has 108 valence electrons. The SMILES string of the molecule is Cc1occc1C(=O)N1CCOc2c(C(=O)O)cccc21. The molecule has 0 unspecified atom stereocenters. The Morgan fingerprint density at radius 2 is 2.05 bits per heavy atom. The molecule has 1 aromatic carbocycles. The van der Waals surface area contributed by atoms with Crippen LogP contribution in [0.4, 0.5) is 5.69 Å². The van der Waals surface area contributed by atoms with Crippen molar-refractivity contribution in [2.24, 2.45) is 0 Å². The fraction of sp³-hybridized carbons (Fsp3) is 0.200. The van der Waals surface area contributed by atoms with Crippen LogP contribution in [0.3, 0.4) is 0 Å². The van der Waals surface area contributed by atoms with Crippen molar-refractivity contribution in [2.45, 2.75) is 6.92 Å². The molecule has 1 aromatic heterocycles. The van der Waals surface area contributed by atoms with Gasteiger partial charge in [-0.3, -0.25) is 4.79 Å². The second-order valence-corrected chi connectivity index (χ2v) is 4.65. The quantitative estimate of drug-likeness (QED) is 0.916. The molecule has 2 heterocycles. The summed E-state index contributed by atoms with van der Waals surface area (Å²) in [5, 5.41) is 9.20. The molecule has 0 atom stereocenters. The third-order valence-corrected chi connectivity index (χ3v) is 3.41.